The Labute approximate surface area is 321 Å². The van der Waals surface area contributed by atoms with Crippen LogP contribution in [0.1, 0.15) is 94.9 Å². The fourth-order valence-electron chi connectivity index (χ4n) is 9.11. The van der Waals surface area contributed by atoms with Crippen LogP contribution in [0.25, 0.3) is 0 Å². The van der Waals surface area contributed by atoms with Crippen molar-refractivity contribution in [2.45, 2.75) is 185 Å². The third-order valence-corrected chi connectivity index (χ3v) is 12.9. The maximum atomic E-state index is 14.3. The van der Waals surface area contributed by atoms with Gasteiger partial charge in [-0.15, -0.1) is 0 Å². The first kappa shape index (κ1) is 45.0. The first-order chi connectivity index (χ1) is 24.6. The molecular formula is C38H69ClN2O12. The zero-order valence-corrected chi connectivity index (χ0v) is 34.9. The first-order valence-electron chi connectivity index (χ1n) is 19.4. The van der Waals surface area contributed by atoms with Gasteiger partial charge in [-0.05, 0) is 94.3 Å². The molecule has 0 amide bonds. The quantitative estimate of drug-likeness (QED) is 0.209. The number of aliphatic hydroxyl groups is 3. The molecule has 4 aliphatic heterocycles. The van der Waals surface area contributed by atoms with Crippen molar-refractivity contribution in [3.05, 3.63) is 0 Å². The smallest absolute Gasteiger partial charge is 0.311 e. The summed E-state index contributed by atoms with van der Waals surface area (Å²) < 4.78 is 50.0. The number of rotatable bonds is 8. The van der Waals surface area contributed by atoms with Crippen molar-refractivity contribution in [3.8, 4) is 0 Å². The number of nitrogens with zero attached hydrogens (tertiary/aromatic N) is 1. The Morgan fingerprint density at radius 3 is 2.19 bits per heavy atom. The Hall–Kier alpha value is -0.720. The van der Waals surface area contributed by atoms with Crippen LogP contribution in [0.2, 0.25) is 0 Å². The van der Waals surface area contributed by atoms with Crippen LogP contribution < -0.4 is 5.32 Å². The zero-order chi connectivity index (χ0) is 39.8. The lowest BCUT2D eigenvalue weighted by molar-refractivity contribution is -0.312. The molecule has 0 aliphatic carbocycles. The number of ether oxygens (including phenoxy) is 7. The van der Waals surface area contributed by atoms with Crippen molar-refractivity contribution in [1.29, 1.82) is 0 Å². The fraction of sp³-hybridized carbons (Fsp3) is 0.974. The minimum Gasteiger partial charge on any atom is -0.459 e. The molecule has 4 rings (SSSR count). The summed E-state index contributed by atoms with van der Waals surface area (Å²) in [7, 11) is 5.51. The number of carbonyl (C=O) groups excluding carboxylic acids is 1. The lowest BCUT2D eigenvalue weighted by Crippen LogP contribution is -2.61. The Bertz CT molecular complexity index is 1210. The minimum absolute atomic E-state index is 0.134. The maximum Gasteiger partial charge on any atom is 0.311 e. The number of epoxide rings is 1. The van der Waals surface area contributed by atoms with Crippen LogP contribution in [0.5, 0.6) is 0 Å². The highest BCUT2D eigenvalue weighted by atomic mass is 35.5. The van der Waals surface area contributed by atoms with Gasteiger partial charge in [-0.2, -0.15) is 0 Å². The normalized spacial score (nSPS) is 50.7. The molecule has 4 aliphatic rings. The van der Waals surface area contributed by atoms with Gasteiger partial charge >= 0.3 is 5.97 Å². The highest BCUT2D eigenvalue weighted by Crippen LogP contribution is 2.51. The van der Waals surface area contributed by atoms with Crippen molar-refractivity contribution in [3.63, 3.8) is 0 Å². The lowest BCUT2D eigenvalue weighted by Gasteiger charge is -2.49. The van der Waals surface area contributed by atoms with E-state index < -0.39 is 89.4 Å². The number of hydrogen-bond acceptors (Lipinski definition) is 14. The monoisotopic (exact) mass is 780 g/mol. The van der Waals surface area contributed by atoms with Crippen LogP contribution in [0.3, 0.4) is 0 Å². The molecule has 4 N–H and O–H groups in total. The highest BCUT2D eigenvalue weighted by molar-refractivity contribution is 6.07. The fourth-order valence-corrected chi connectivity index (χ4v) is 9.31. The molecule has 0 bridgehead atoms. The van der Waals surface area contributed by atoms with Gasteiger partial charge < -0.3 is 58.7 Å². The van der Waals surface area contributed by atoms with Crippen LogP contribution in [-0.4, -0.2) is 150 Å². The first-order valence-corrected chi connectivity index (χ1v) is 19.7. The molecule has 310 valence electrons. The van der Waals surface area contributed by atoms with Gasteiger partial charge in [-0.1, -0.05) is 20.8 Å². The second kappa shape index (κ2) is 17.4. The SMILES string of the molecule is CCC1OC(=O)C(C)C(O[C@H]2C[C@@](C)(OC)[C@]3(CO3)C(C)O2)C(C)[C@@H](OC2OC(C)CC(N(C)C)[C@H]2OCl)[C@@](C)(O)C[C@@H](C)CN[C@H](C)[C@@H](O)[C@]1(C)O. The molecule has 0 aromatic heterocycles. The van der Waals surface area contributed by atoms with Crippen LogP contribution >= 0.6 is 11.9 Å². The van der Waals surface area contributed by atoms with E-state index in [9.17, 15) is 20.1 Å². The number of methoxy groups -OCH3 is 1. The van der Waals surface area contributed by atoms with Gasteiger partial charge in [0.05, 0.1) is 54.4 Å². The average Bonchev–Trinajstić information content (AvgIpc) is 3.90. The van der Waals surface area contributed by atoms with E-state index in [2.05, 4.69) is 5.32 Å². The molecular weight excluding hydrogens is 712 g/mol. The molecule has 8 unspecified atom stereocenters. The molecule has 0 radical (unpaired) electrons. The van der Waals surface area contributed by atoms with Gasteiger partial charge in [0.1, 0.15) is 35.1 Å². The largest absolute Gasteiger partial charge is 0.459 e. The Morgan fingerprint density at radius 2 is 1.64 bits per heavy atom. The molecule has 4 fully saturated rings. The summed E-state index contributed by atoms with van der Waals surface area (Å²) in [5, 5.41) is 38.9. The summed E-state index contributed by atoms with van der Waals surface area (Å²) in [6.45, 7) is 19.0. The van der Waals surface area contributed by atoms with Crippen LogP contribution in [0.15, 0.2) is 0 Å². The van der Waals surface area contributed by atoms with Crippen molar-refractivity contribution in [2.24, 2.45) is 17.8 Å². The van der Waals surface area contributed by atoms with E-state index in [-0.39, 0.29) is 37.0 Å². The zero-order valence-electron chi connectivity index (χ0n) is 34.2. The molecule has 4 saturated heterocycles. The predicted molar refractivity (Wildman–Crippen MR) is 197 cm³/mol. The van der Waals surface area contributed by atoms with E-state index in [1.54, 1.807) is 34.8 Å². The van der Waals surface area contributed by atoms with E-state index in [4.69, 9.17) is 49.3 Å². The number of likely N-dealkylation sites (N-methyl/N-ethyl adjacent to an activating group) is 1. The van der Waals surface area contributed by atoms with Gasteiger partial charge in [0.15, 0.2) is 12.6 Å². The molecule has 15 heteroatoms. The van der Waals surface area contributed by atoms with E-state index in [0.29, 0.717) is 26.0 Å². The molecule has 14 nitrogen and oxygen atoms in total. The molecule has 0 saturated carbocycles. The maximum absolute atomic E-state index is 14.3. The molecule has 1 spiro atoms. The van der Waals surface area contributed by atoms with Gasteiger partial charge in [0, 0.05) is 31.5 Å². The summed E-state index contributed by atoms with van der Waals surface area (Å²) in [5.74, 6) is -2.45. The van der Waals surface area contributed by atoms with Crippen LogP contribution in [-0.2, 0) is 42.2 Å². The van der Waals surface area contributed by atoms with Crippen molar-refractivity contribution < 1.29 is 57.6 Å². The van der Waals surface area contributed by atoms with Crippen molar-refractivity contribution in [1.82, 2.24) is 10.2 Å². The third-order valence-electron chi connectivity index (χ3n) is 12.7. The van der Waals surface area contributed by atoms with E-state index in [0.717, 1.165) is 0 Å². The molecule has 4 heterocycles. The molecule has 0 aromatic carbocycles. The van der Waals surface area contributed by atoms with Gasteiger partial charge in [-0.3, -0.25) is 9.08 Å². The van der Waals surface area contributed by atoms with Gasteiger partial charge in [0.25, 0.3) is 0 Å². The second-order valence-electron chi connectivity index (χ2n) is 17.3. The molecule has 18 atom stereocenters. The minimum atomic E-state index is -1.78. The summed E-state index contributed by atoms with van der Waals surface area (Å²) in [6.07, 6.45) is -5.96. The number of esters is 1. The van der Waals surface area contributed by atoms with Crippen LogP contribution in [0.4, 0.5) is 0 Å². The average molecular weight is 781 g/mol. The summed E-state index contributed by atoms with van der Waals surface area (Å²) in [5.41, 5.74) is -4.67. The molecule has 53 heavy (non-hydrogen) atoms. The Morgan fingerprint density at radius 1 is 1.00 bits per heavy atom. The predicted octanol–water partition coefficient (Wildman–Crippen LogP) is 3.14. The van der Waals surface area contributed by atoms with Gasteiger partial charge in [0.2, 0.25) is 0 Å². The number of aliphatic hydroxyl groups excluding tert-OH is 1. The summed E-state index contributed by atoms with van der Waals surface area (Å²) >= 11 is 6.14. The van der Waals surface area contributed by atoms with E-state index >= 15 is 0 Å². The van der Waals surface area contributed by atoms with E-state index in [1.165, 1.54) is 6.92 Å². The van der Waals surface area contributed by atoms with E-state index in [1.807, 2.05) is 53.6 Å². The summed E-state index contributed by atoms with van der Waals surface area (Å²) in [6, 6.07) is -0.726. The number of hydrogen-bond donors (Lipinski definition) is 4. The van der Waals surface area contributed by atoms with Crippen LogP contribution in [0, 0.1) is 17.8 Å². The summed E-state index contributed by atoms with van der Waals surface area (Å²) in [4.78, 5) is 16.3. The standard InChI is InChI=1S/C38H69ClN2O12/c1-14-27-37(10,45)31(42)24(6)40-18-20(2)16-35(8,44)32(52-34-30(53-39)26(41(11)12)15-21(3)48-34)22(4)29(23(5)33(43)50-27)51-28-17-36(9,46-13)38(19-47-38)25(7)49-28/h20-32,34,40,42,44-45H,14-19H2,1-13H3/t20-,21?,22?,23?,24-,25?,26?,27?,28+,29?,30-,31-,32-,34?,35+,36-,37-,38+/m1/s1. The van der Waals surface area contributed by atoms with Gasteiger partial charge in [-0.25, -0.2) is 0 Å². The topological polar surface area (TPSA) is 170 Å². The Kier molecular flexibility index (Phi) is 14.8. The highest BCUT2D eigenvalue weighted by Gasteiger charge is 2.67. The number of cyclic esters (lactones) is 1. The number of carbonyl (C=O) groups is 1. The second-order valence-corrected chi connectivity index (χ2v) is 17.5. The molecule has 0 aromatic rings. The lowest BCUT2D eigenvalue weighted by atomic mass is 9.77. The number of nitrogens with one attached hydrogen (secondary N) is 1. The number of halogens is 1. The Balaban J connectivity index is 1.80. The van der Waals surface area contributed by atoms with Crippen molar-refractivity contribution >= 4 is 17.8 Å². The van der Waals surface area contributed by atoms with Crippen molar-refractivity contribution in [2.75, 3.05) is 34.4 Å². The third kappa shape index (κ3) is 9.37.